The van der Waals surface area contributed by atoms with Gasteiger partial charge < -0.3 is 14.9 Å². The standard InChI is InChI=1S/C22H38O4/c1-7-22(16(4)5,9-8-15(2)3)19(24)26-20(6)11-17-10-18(23)13-21(25,12-17)14-20/h11,15-16,18,23,25H,7-10,12-14H2,1-6H3. The monoisotopic (exact) mass is 366 g/mol. The van der Waals surface area contributed by atoms with E-state index in [-0.39, 0.29) is 11.9 Å². The van der Waals surface area contributed by atoms with E-state index in [0.29, 0.717) is 31.6 Å². The van der Waals surface area contributed by atoms with Gasteiger partial charge in [0, 0.05) is 12.8 Å². The third-order valence-corrected chi connectivity index (χ3v) is 6.50. The molecule has 2 bridgehead atoms. The molecule has 0 saturated heterocycles. The second-order valence-corrected chi connectivity index (χ2v) is 9.74. The van der Waals surface area contributed by atoms with Crippen molar-refractivity contribution in [3.8, 4) is 0 Å². The lowest BCUT2D eigenvalue weighted by atomic mass is 9.68. The van der Waals surface area contributed by atoms with Gasteiger partial charge in [0.1, 0.15) is 5.60 Å². The number of rotatable bonds is 7. The Kier molecular flexibility index (Phi) is 6.29. The highest BCUT2D eigenvalue weighted by atomic mass is 16.6. The van der Waals surface area contributed by atoms with Crippen LogP contribution in [0.25, 0.3) is 0 Å². The summed E-state index contributed by atoms with van der Waals surface area (Å²) < 4.78 is 6.11. The van der Waals surface area contributed by atoms with Crippen LogP contribution in [-0.4, -0.2) is 33.5 Å². The second-order valence-electron chi connectivity index (χ2n) is 9.74. The number of carbonyl (C=O) groups excluding carboxylic acids is 1. The van der Waals surface area contributed by atoms with Gasteiger partial charge in [0.05, 0.1) is 17.1 Å². The molecule has 0 radical (unpaired) electrons. The molecular formula is C22H38O4. The minimum Gasteiger partial charge on any atom is -0.455 e. The number of aliphatic hydroxyl groups excluding tert-OH is 1. The lowest BCUT2D eigenvalue weighted by Gasteiger charge is -2.47. The Morgan fingerprint density at radius 2 is 2.04 bits per heavy atom. The highest BCUT2D eigenvalue weighted by Crippen LogP contribution is 2.47. The van der Waals surface area contributed by atoms with E-state index in [1.54, 1.807) is 0 Å². The van der Waals surface area contributed by atoms with Gasteiger partial charge in [-0.2, -0.15) is 0 Å². The van der Waals surface area contributed by atoms with Crippen molar-refractivity contribution in [1.29, 1.82) is 0 Å². The number of hydrogen-bond acceptors (Lipinski definition) is 4. The highest BCUT2D eigenvalue weighted by molar-refractivity contribution is 5.78. The molecule has 0 aromatic carbocycles. The van der Waals surface area contributed by atoms with Gasteiger partial charge in [-0.3, -0.25) is 4.79 Å². The first-order valence-corrected chi connectivity index (χ1v) is 10.3. The molecule has 2 rings (SSSR count). The van der Waals surface area contributed by atoms with Crippen molar-refractivity contribution in [2.45, 2.75) is 104 Å². The largest absolute Gasteiger partial charge is 0.455 e. The molecule has 0 aliphatic heterocycles. The summed E-state index contributed by atoms with van der Waals surface area (Å²) in [6.07, 6.45) is 5.90. The fourth-order valence-electron chi connectivity index (χ4n) is 5.04. The molecule has 0 spiro atoms. The first-order chi connectivity index (χ1) is 11.9. The van der Waals surface area contributed by atoms with Gasteiger partial charge in [-0.15, -0.1) is 0 Å². The van der Waals surface area contributed by atoms with E-state index >= 15 is 0 Å². The van der Waals surface area contributed by atoms with Crippen LogP contribution in [0.1, 0.15) is 86.5 Å². The molecule has 2 N–H and O–H groups in total. The SMILES string of the molecule is CCC(CCC(C)C)(C(=O)OC1(C)C=C2CC(O)CC(O)(C2)C1)C(C)C. The Bertz CT molecular complexity index is 552. The van der Waals surface area contributed by atoms with E-state index in [1.807, 2.05) is 13.0 Å². The normalized spacial score (nSPS) is 33.8. The van der Waals surface area contributed by atoms with Crippen molar-refractivity contribution >= 4 is 5.97 Å². The number of fused-ring (bicyclic) bond motifs is 2. The Morgan fingerprint density at radius 1 is 1.38 bits per heavy atom. The van der Waals surface area contributed by atoms with Crippen molar-refractivity contribution in [2.75, 3.05) is 0 Å². The van der Waals surface area contributed by atoms with Crippen molar-refractivity contribution in [2.24, 2.45) is 17.3 Å². The van der Waals surface area contributed by atoms with E-state index in [0.717, 1.165) is 24.8 Å². The molecule has 26 heavy (non-hydrogen) atoms. The Morgan fingerprint density at radius 3 is 2.54 bits per heavy atom. The first-order valence-electron chi connectivity index (χ1n) is 10.3. The highest BCUT2D eigenvalue weighted by Gasteiger charge is 2.50. The zero-order chi connectivity index (χ0) is 19.8. The molecule has 1 saturated carbocycles. The van der Waals surface area contributed by atoms with Crippen molar-refractivity contribution in [1.82, 2.24) is 0 Å². The molecule has 2 aliphatic rings. The summed E-state index contributed by atoms with van der Waals surface area (Å²) in [6.45, 7) is 12.5. The molecule has 4 unspecified atom stereocenters. The summed E-state index contributed by atoms with van der Waals surface area (Å²) in [7, 11) is 0. The summed E-state index contributed by atoms with van der Waals surface area (Å²) in [5.41, 5.74) is -1.25. The third-order valence-electron chi connectivity index (χ3n) is 6.50. The summed E-state index contributed by atoms with van der Waals surface area (Å²) >= 11 is 0. The number of carbonyl (C=O) groups is 1. The van der Waals surface area contributed by atoms with E-state index in [1.165, 1.54) is 0 Å². The quantitative estimate of drug-likeness (QED) is 0.518. The van der Waals surface area contributed by atoms with E-state index in [2.05, 4.69) is 34.6 Å². The fourth-order valence-corrected chi connectivity index (χ4v) is 5.04. The molecule has 4 heteroatoms. The Labute approximate surface area is 159 Å². The topological polar surface area (TPSA) is 66.8 Å². The van der Waals surface area contributed by atoms with Gasteiger partial charge in [0.2, 0.25) is 0 Å². The molecule has 0 aromatic heterocycles. The second kappa shape index (κ2) is 7.63. The maximum absolute atomic E-state index is 13.3. The van der Waals surface area contributed by atoms with Gasteiger partial charge in [-0.25, -0.2) is 0 Å². The van der Waals surface area contributed by atoms with Gasteiger partial charge in [-0.05, 0) is 56.9 Å². The smallest absolute Gasteiger partial charge is 0.313 e. The van der Waals surface area contributed by atoms with Crippen LogP contribution >= 0.6 is 0 Å². The number of ether oxygens (including phenoxy) is 1. The van der Waals surface area contributed by atoms with Crippen molar-refractivity contribution < 1.29 is 19.7 Å². The summed E-state index contributed by atoms with van der Waals surface area (Å²) in [5.74, 6) is 0.601. The van der Waals surface area contributed by atoms with Gasteiger partial charge in [-0.1, -0.05) is 40.2 Å². The van der Waals surface area contributed by atoms with Gasteiger partial charge in [0.15, 0.2) is 0 Å². The zero-order valence-corrected chi connectivity index (χ0v) is 17.5. The average Bonchev–Trinajstić information content (AvgIpc) is 2.44. The molecule has 2 aliphatic carbocycles. The molecule has 150 valence electrons. The van der Waals surface area contributed by atoms with Crippen LogP contribution in [0, 0.1) is 17.3 Å². The molecule has 4 atom stereocenters. The first kappa shape index (κ1) is 21.4. The van der Waals surface area contributed by atoms with Crippen molar-refractivity contribution in [3.63, 3.8) is 0 Å². The van der Waals surface area contributed by atoms with Crippen LogP contribution in [0.3, 0.4) is 0 Å². The summed E-state index contributed by atoms with van der Waals surface area (Å²) in [6, 6.07) is 0. The molecule has 1 fully saturated rings. The van der Waals surface area contributed by atoms with Crippen LogP contribution in [0.5, 0.6) is 0 Å². The minimum absolute atomic E-state index is 0.140. The lowest BCUT2D eigenvalue weighted by Crippen LogP contribution is -2.51. The average molecular weight is 367 g/mol. The Hall–Kier alpha value is -0.870. The fraction of sp³-hybridized carbons (Fsp3) is 0.864. The van der Waals surface area contributed by atoms with Crippen LogP contribution in [0.4, 0.5) is 0 Å². The van der Waals surface area contributed by atoms with Crippen LogP contribution in [0.2, 0.25) is 0 Å². The maximum atomic E-state index is 13.3. The minimum atomic E-state index is -0.971. The van der Waals surface area contributed by atoms with Crippen molar-refractivity contribution in [3.05, 3.63) is 11.6 Å². The molecular weight excluding hydrogens is 328 g/mol. The Balaban J connectivity index is 2.24. The van der Waals surface area contributed by atoms with E-state index < -0.39 is 22.7 Å². The molecule has 0 heterocycles. The van der Waals surface area contributed by atoms with Crippen LogP contribution in [-0.2, 0) is 9.53 Å². The zero-order valence-electron chi connectivity index (χ0n) is 17.5. The summed E-state index contributed by atoms with van der Waals surface area (Å²) in [5, 5.41) is 20.9. The summed E-state index contributed by atoms with van der Waals surface area (Å²) in [4.78, 5) is 13.3. The lowest BCUT2D eigenvalue weighted by molar-refractivity contribution is -0.178. The number of aliphatic hydroxyl groups is 2. The molecule has 0 aromatic rings. The predicted molar refractivity (Wildman–Crippen MR) is 104 cm³/mol. The third kappa shape index (κ3) is 4.51. The van der Waals surface area contributed by atoms with Crippen LogP contribution < -0.4 is 0 Å². The molecule has 4 nitrogen and oxygen atoms in total. The van der Waals surface area contributed by atoms with E-state index in [4.69, 9.17) is 4.74 Å². The number of esters is 1. The predicted octanol–water partition coefficient (Wildman–Crippen LogP) is 4.38. The van der Waals surface area contributed by atoms with Gasteiger partial charge in [0.25, 0.3) is 0 Å². The van der Waals surface area contributed by atoms with Crippen LogP contribution in [0.15, 0.2) is 11.6 Å². The van der Waals surface area contributed by atoms with Gasteiger partial charge >= 0.3 is 5.97 Å². The number of hydrogen-bond donors (Lipinski definition) is 2. The maximum Gasteiger partial charge on any atom is 0.313 e. The molecule has 0 amide bonds. The van der Waals surface area contributed by atoms with E-state index in [9.17, 15) is 15.0 Å².